The number of anilines is 1. The van der Waals surface area contributed by atoms with Crippen LogP contribution in [0.25, 0.3) is 0 Å². The highest BCUT2D eigenvalue weighted by Crippen LogP contribution is 2.26. The van der Waals surface area contributed by atoms with E-state index in [-0.39, 0.29) is 17.9 Å². The maximum Gasteiger partial charge on any atom is 0.308 e. The van der Waals surface area contributed by atoms with Crippen LogP contribution in [0.4, 0.5) is 5.69 Å². The zero-order valence-corrected chi connectivity index (χ0v) is 11.8. The SMILES string of the molecule is CC(=O)Nc1ccc(C(=O)N[C@@H]2CCC[C@@H]2C(=O)O)cc1. The molecule has 0 aliphatic heterocycles. The van der Waals surface area contributed by atoms with Gasteiger partial charge in [0.15, 0.2) is 0 Å². The van der Waals surface area contributed by atoms with Gasteiger partial charge in [0, 0.05) is 24.2 Å². The second kappa shape index (κ2) is 6.39. The molecular weight excluding hydrogens is 272 g/mol. The fraction of sp³-hybridized carbons (Fsp3) is 0.400. The van der Waals surface area contributed by atoms with Crippen LogP contribution in [-0.4, -0.2) is 28.9 Å². The summed E-state index contributed by atoms with van der Waals surface area (Å²) in [6.07, 6.45) is 2.10. The highest BCUT2D eigenvalue weighted by molar-refractivity contribution is 5.96. The fourth-order valence-corrected chi connectivity index (χ4v) is 2.59. The quantitative estimate of drug-likeness (QED) is 0.785. The number of amides is 2. The number of carboxylic acid groups (broad SMARTS) is 1. The van der Waals surface area contributed by atoms with Crippen molar-refractivity contribution in [1.29, 1.82) is 0 Å². The molecule has 1 fully saturated rings. The molecule has 0 spiro atoms. The van der Waals surface area contributed by atoms with Gasteiger partial charge in [0.2, 0.25) is 5.91 Å². The molecule has 2 rings (SSSR count). The van der Waals surface area contributed by atoms with Gasteiger partial charge in [-0.15, -0.1) is 0 Å². The third-order valence-corrected chi connectivity index (χ3v) is 3.62. The molecule has 21 heavy (non-hydrogen) atoms. The van der Waals surface area contributed by atoms with E-state index in [4.69, 9.17) is 5.11 Å². The monoisotopic (exact) mass is 290 g/mol. The summed E-state index contributed by atoms with van der Waals surface area (Å²) in [5.74, 6) is -1.84. The van der Waals surface area contributed by atoms with Gasteiger partial charge in [-0.05, 0) is 37.1 Å². The van der Waals surface area contributed by atoms with E-state index in [0.29, 0.717) is 24.1 Å². The number of rotatable bonds is 4. The summed E-state index contributed by atoms with van der Waals surface area (Å²) in [5, 5.41) is 14.5. The molecule has 0 aromatic heterocycles. The summed E-state index contributed by atoms with van der Waals surface area (Å²) < 4.78 is 0. The molecule has 0 unspecified atom stereocenters. The topological polar surface area (TPSA) is 95.5 Å². The molecule has 1 aromatic carbocycles. The zero-order chi connectivity index (χ0) is 15.4. The maximum atomic E-state index is 12.1. The molecule has 112 valence electrons. The van der Waals surface area contributed by atoms with Crippen LogP contribution >= 0.6 is 0 Å². The number of benzene rings is 1. The Hall–Kier alpha value is -2.37. The largest absolute Gasteiger partial charge is 0.481 e. The lowest BCUT2D eigenvalue weighted by molar-refractivity contribution is -0.142. The lowest BCUT2D eigenvalue weighted by atomic mass is 10.0. The van der Waals surface area contributed by atoms with E-state index < -0.39 is 11.9 Å². The molecule has 0 heterocycles. The van der Waals surface area contributed by atoms with Crippen molar-refractivity contribution < 1.29 is 19.5 Å². The van der Waals surface area contributed by atoms with Crippen molar-refractivity contribution in [1.82, 2.24) is 5.32 Å². The summed E-state index contributed by atoms with van der Waals surface area (Å²) in [5.41, 5.74) is 1.06. The molecule has 1 aliphatic rings. The molecule has 1 saturated carbocycles. The van der Waals surface area contributed by atoms with Crippen LogP contribution in [0.2, 0.25) is 0 Å². The van der Waals surface area contributed by atoms with Crippen molar-refractivity contribution in [3.05, 3.63) is 29.8 Å². The number of carbonyl (C=O) groups excluding carboxylic acids is 2. The van der Waals surface area contributed by atoms with Crippen LogP contribution in [-0.2, 0) is 9.59 Å². The lowest BCUT2D eigenvalue weighted by Gasteiger charge is -2.17. The smallest absolute Gasteiger partial charge is 0.308 e. The van der Waals surface area contributed by atoms with Gasteiger partial charge in [0.25, 0.3) is 5.91 Å². The second-order valence-corrected chi connectivity index (χ2v) is 5.21. The van der Waals surface area contributed by atoms with Crippen molar-refractivity contribution in [2.45, 2.75) is 32.2 Å². The van der Waals surface area contributed by atoms with E-state index in [1.165, 1.54) is 6.92 Å². The van der Waals surface area contributed by atoms with E-state index >= 15 is 0 Å². The summed E-state index contributed by atoms with van der Waals surface area (Å²) in [7, 11) is 0. The molecule has 3 N–H and O–H groups in total. The number of carbonyl (C=O) groups is 3. The maximum absolute atomic E-state index is 12.1. The Bertz CT molecular complexity index is 553. The first-order valence-corrected chi connectivity index (χ1v) is 6.88. The Morgan fingerprint density at radius 2 is 1.81 bits per heavy atom. The lowest BCUT2D eigenvalue weighted by Crippen LogP contribution is -2.40. The first kappa shape index (κ1) is 15.0. The predicted octanol–water partition coefficient (Wildman–Crippen LogP) is 1.63. The minimum atomic E-state index is -0.862. The van der Waals surface area contributed by atoms with Crippen LogP contribution in [0.1, 0.15) is 36.5 Å². The summed E-state index contributed by atoms with van der Waals surface area (Å²) in [6, 6.07) is 6.17. The summed E-state index contributed by atoms with van der Waals surface area (Å²) >= 11 is 0. The first-order valence-electron chi connectivity index (χ1n) is 6.88. The van der Waals surface area contributed by atoms with E-state index in [1.54, 1.807) is 24.3 Å². The Kier molecular flexibility index (Phi) is 4.57. The highest BCUT2D eigenvalue weighted by Gasteiger charge is 2.33. The molecule has 0 bridgehead atoms. The zero-order valence-electron chi connectivity index (χ0n) is 11.8. The standard InChI is InChI=1S/C15H18N2O4/c1-9(18)16-11-7-5-10(6-8-11)14(19)17-13-4-2-3-12(13)15(20)21/h5-8,12-13H,2-4H2,1H3,(H,16,18)(H,17,19)(H,20,21)/t12-,13+/m0/s1. The van der Waals surface area contributed by atoms with Gasteiger partial charge in [0.1, 0.15) is 0 Å². The van der Waals surface area contributed by atoms with Crippen molar-refractivity contribution in [3.8, 4) is 0 Å². The summed E-state index contributed by atoms with van der Waals surface area (Å²) in [4.78, 5) is 34.1. The van der Waals surface area contributed by atoms with Gasteiger partial charge in [0.05, 0.1) is 5.92 Å². The first-order chi connectivity index (χ1) is 9.97. The van der Waals surface area contributed by atoms with Crippen molar-refractivity contribution in [3.63, 3.8) is 0 Å². The van der Waals surface area contributed by atoms with E-state index in [9.17, 15) is 14.4 Å². The number of aliphatic carboxylic acids is 1. The van der Waals surface area contributed by atoms with Crippen molar-refractivity contribution in [2.24, 2.45) is 5.92 Å². The Labute approximate surface area is 122 Å². The van der Waals surface area contributed by atoms with Crippen LogP contribution in [0.15, 0.2) is 24.3 Å². The number of nitrogens with one attached hydrogen (secondary N) is 2. The molecule has 6 heteroatoms. The van der Waals surface area contributed by atoms with Crippen molar-refractivity contribution >= 4 is 23.5 Å². The highest BCUT2D eigenvalue weighted by atomic mass is 16.4. The minimum Gasteiger partial charge on any atom is -0.481 e. The third-order valence-electron chi connectivity index (χ3n) is 3.62. The van der Waals surface area contributed by atoms with Gasteiger partial charge in [-0.1, -0.05) is 6.42 Å². The molecule has 1 aromatic rings. The molecule has 2 amide bonds. The molecule has 6 nitrogen and oxygen atoms in total. The Morgan fingerprint density at radius 1 is 1.14 bits per heavy atom. The van der Waals surface area contributed by atoms with Crippen molar-refractivity contribution in [2.75, 3.05) is 5.32 Å². The second-order valence-electron chi connectivity index (χ2n) is 5.21. The number of hydrogen-bond donors (Lipinski definition) is 3. The molecule has 1 aliphatic carbocycles. The van der Waals surface area contributed by atoms with Gasteiger partial charge in [-0.25, -0.2) is 0 Å². The average Bonchev–Trinajstić information content (AvgIpc) is 2.87. The van der Waals surface area contributed by atoms with Crippen LogP contribution in [0.3, 0.4) is 0 Å². The molecule has 0 radical (unpaired) electrons. The van der Waals surface area contributed by atoms with E-state index in [0.717, 1.165) is 6.42 Å². The van der Waals surface area contributed by atoms with Gasteiger partial charge in [-0.2, -0.15) is 0 Å². The Morgan fingerprint density at radius 3 is 2.38 bits per heavy atom. The van der Waals surface area contributed by atoms with Crippen LogP contribution in [0.5, 0.6) is 0 Å². The number of carboxylic acids is 1. The fourth-order valence-electron chi connectivity index (χ4n) is 2.59. The molecule has 0 saturated heterocycles. The number of hydrogen-bond acceptors (Lipinski definition) is 3. The van der Waals surface area contributed by atoms with Gasteiger partial charge < -0.3 is 15.7 Å². The van der Waals surface area contributed by atoms with E-state index in [1.807, 2.05) is 0 Å². The van der Waals surface area contributed by atoms with Gasteiger partial charge >= 0.3 is 5.97 Å². The van der Waals surface area contributed by atoms with Crippen LogP contribution in [0, 0.1) is 5.92 Å². The molecule has 2 atom stereocenters. The Balaban J connectivity index is 2.00. The summed E-state index contributed by atoms with van der Waals surface area (Å²) in [6.45, 7) is 1.41. The average molecular weight is 290 g/mol. The van der Waals surface area contributed by atoms with Gasteiger partial charge in [-0.3, -0.25) is 14.4 Å². The van der Waals surface area contributed by atoms with Crippen LogP contribution < -0.4 is 10.6 Å². The normalized spacial score (nSPS) is 20.8. The van der Waals surface area contributed by atoms with E-state index in [2.05, 4.69) is 10.6 Å². The molecular formula is C15H18N2O4. The third kappa shape index (κ3) is 3.81. The predicted molar refractivity (Wildman–Crippen MR) is 77.0 cm³/mol. The minimum absolute atomic E-state index is 0.178.